The third-order valence-electron chi connectivity index (χ3n) is 2.84. The third-order valence-corrected chi connectivity index (χ3v) is 2.84. The lowest BCUT2D eigenvalue weighted by molar-refractivity contribution is 0.0883. The number of aromatic nitrogens is 1. The molecule has 0 aromatic carbocycles. The first-order chi connectivity index (χ1) is 6.62. The Hall–Kier alpha value is -1.22. The fraction of sp³-hybridized carbons (Fsp3) is 0.455. The highest BCUT2D eigenvalue weighted by atomic mass is 16.1. The maximum atomic E-state index is 12.0. The van der Waals surface area contributed by atoms with E-state index in [1.807, 2.05) is 6.92 Å². The van der Waals surface area contributed by atoms with Crippen LogP contribution >= 0.6 is 0 Å². The summed E-state index contributed by atoms with van der Waals surface area (Å²) in [6.45, 7) is 1.82. The maximum absolute atomic E-state index is 12.0. The van der Waals surface area contributed by atoms with E-state index in [1.54, 1.807) is 24.5 Å². The van der Waals surface area contributed by atoms with Crippen LogP contribution in [0.3, 0.4) is 0 Å². The van der Waals surface area contributed by atoms with Crippen LogP contribution in [0.5, 0.6) is 0 Å². The smallest absolute Gasteiger partial charge is 0.184 e. The van der Waals surface area contributed by atoms with E-state index in [0.29, 0.717) is 11.5 Å². The summed E-state index contributed by atoms with van der Waals surface area (Å²) in [6, 6.07) is 3.53. The van der Waals surface area contributed by atoms with Crippen molar-refractivity contribution in [1.82, 2.24) is 4.98 Å². The Kier molecular flexibility index (Phi) is 2.11. The Morgan fingerprint density at radius 2 is 2.36 bits per heavy atom. The molecule has 1 unspecified atom stereocenters. The molecule has 1 aromatic rings. The molecule has 0 amide bonds. The summed E-state index contributed by atoms with van der Waals surface area (Å²) in [6.07, 6.45) is 5.37. The van der Waals surface area contributed by atoms with Gasteiger partial charge < -0.3 is 5.73 Å². The van der Waals surface area contributed by atoms with E-state index in [-0.39, 0.29) is 5.78 Å². The average Bonchev–Trinajstić information content (AvgIpc) is 3.01. The van der Waals surface area contributed by atoms with Crippen molar-refractivity contribution in [3.63, 3.8) is 0 Å². The number of hydrogen-bond acceptors (Lipinski definition) is 3. The Morgan fingerprint density at radius 1 is 1.64 bits per heavy atom. The van der Waals surface area contributed by atoms with Gasteiger partial charge in [0.15, 0.2) is 5.78 Å². The lowest BCUT2D eigenvalue weighted by Gasteiger charge is -2.22. The van der Waals surface area contributed by atoms with Crippen LogP contribution in [0.15, 0.2) is 24.5 Å². The molecule has 0 bridgehead atoms. The number of ketones is 1. The van der Waals surface area contributed by atoms with Gasteiger partial charge in [0.2, 0.25) is 0 Å². The molecule has 1 fully saturated rings. The van der Waals surface area contributed by atoms with E-state index in [4.69, 9.17) is 5.73 Å². The number of hydrogen-bond donors (Lipinski definition) is 1. The number of Topliss-reactive ketones (excluding diaryl/α,β-unsaturated/α-hetero) is 1. The van der Waals surface area contributed by atoms with Crippen molar-refractivity contribution in [3.8, 4) is 0 Å². The molecule has 1 aromatic heterocycles. The van der Waals surface area contributed by atoms with Gasteiger partial charge in [-0.1, -0.05) is 0 Å². The fourth-order valence-corrected chi connectivity index (χ4v) is 1.68. The molecule has 1 aliphatic carbocycles. The van der Waals surface area contributed by atoms with Gasteiger partial charge in [-0.15, -0.1) is 0 Å². The first-order valence-corrected chi connectivity index (χ1v) is 4.86. The molecule has 1 aliphatic rings. The molecular weight excluding hydrogens is 176 g/mol. The van der Waals surface area contributed by atoms with Gasteiger partial charge in [-0.3, -0.25) is 9.78 Å². The van der Waals surface area contributed by atoms with E-state index >= 15 is 0 Å². The molecule has 3 nitrogen and oxygen atoms in total. The number of carbonyl (C=O) groups excluding carboxylic acids is 1. The summed E-state index contributed by atoms with van der Waals surface area (Å²) >= 11 is 0. The van der Waals surface area contributed by atoms with Crippen molar-refractivity contribution in [2.45, 2.75) is 25.3 Å². The zero-order chi connectivity index (χ0) is 10.2. The van der Waals surface area contributed by atoms with Crippen molar-refractivity contribution < 1.29 is 4.79 Å². The molecule has 1 heterocycles. The van der Waals surface area contributed by atoms with E-state index in [1.165, 1.54) is 0 Å². The molecule has 2 N–H and O–H groups in total. The first kappa shape index (κ1) is 9.34. The van der Waals surface area contributed by atoms with E-state index in [0.717, 1.165) is 12.8 Å². The summed E-state index contributed by atoms with van der Waals surface area (Å²) in [4.78, 5) is 15.9. The fourth-order valence-electron chi connectivity index (χ4n) is 1.68. The zero-order valence-corrected chi connectivity index (χ0v) is 8.23. The van der Waals surface area contributed by atoms with Crippen LogP contribution in [0, 0.1) is 5.92 Å². The monoisotopic (exact) mass is 190 g/mol. The van der Waals surface area contributed by atoms with Crippen LogP contribution in [0.4, 0.5) is 0 Å². The minimum absolute atomic E-state index is 0.00750. The lowest BCUT2D eigenvalue weighted by Crippen LogP contribution is -2.47. The highest BCUT2D eigenvalue weighted by molar-refractivity contribution is 6.03. The Labute approximate surface area is 83.3 Å². The predicted octanol–water partition coefficient (Wildman–Crippen LogP) is 1.39. The van der Waals surface area contributed by atoms with Gasteiger partial charge in [-0.2, -0.15) is 0 Å². The quantitative estimate of drug-likeness (QED) is 0.733. The minimum atomic E-state index is -0.705. The largest absolute Gasteiger partial charge is 0.319 e. The van der Waals surface area contributed by atoms with Crippen molar-refractivity contribution in [2.75, 3.05) is 0 Å². The van der Waals surface area contributed by atoms with Gasteiger partial charge in [0, 0.05) is 18.0 Å². The van der Waals surface area contributed by atoms with Crippen LogP contribution in [0.25, 0.3) is 0 Å². The Morgan fingerprint density at radius 3 is 2.86 bits per heavy atom. The molecule has 2 rings (SSSR count). The molecule has 1 saturated carbocycles. The summed E-state index contributed by atoms with van der Waals surface area (Å²) in [7, 11) is 0. The SMILES string of the molecule is CC(N)(C(=O)c1cccnc1)C1CC1. The number of rotatable bonds is 3. The average molecular weight is 190 g/mol. The van der Waals surface area contributed by atoms with Crippen LogP contribution in [0.1, 0.15) is 30.1 Å². The second-order valence-electron chi connectivity index (χ2n) is 4.13. The van der Waals surface area contributed by atoms with Gasteiger partial charge in [0.1, 0.15) is 0 Å². The second kappa shape index (κ2) is 3.17. The molecule has 1 atom stereocenters. The predicted molar refractivity (Wildman–Crippen MR) is 53.9 cm³/mol. The van der Waals surface area contributed by atoms with Gasteiger partial charge >= 0.3 is 0 Å². The van der Waals surface area contributed by atoms with Crippen molar-refractivity contribution in [2.24, 2.45) is 11.7 Å². The molecule has 74 valence electrons. The summed E-state index contributed by atoms with van der Waals surface area (Å²) in [5.74, 6) is 0.364. The maximum Gasteiger partial charge on any atom is 0.184 e. The highest BCUT2D eigenvalue weighted by Gasteiger charge is 2.44. The van der Waals surface area contributed by atoms with Crippen LogP contribution < -0.4 is 5.73 Å². The van der Waals surface area contributed by atoms with Crippen molar-refractivity contribution >= 4 is 5.78 Å². The van der Waals surface area contributed by atoms with Crippen LogP contribution in [-0.4, -0.2) is 16.3 Å². The van der Waals surface area contributed by atoms with E-state index in [9.17, 15) is 4.79 Å². The summed E-state index contributed by atoms with van der Waals surface area (Å²) < 4.78 is 0. The minimum Gasteiger partial charge on any atom is -0.319 e. The number of nitrogens with zero attached hydrogens (tertiary/aromatic N) is 1. The molecule has 0 spiro atoms. The Balaban J connectivity index is 2.23. The molecule has 0 aliphatic heterocycles. The number of carbonyl (C=O) groups is 1. The van der Waals surface area contributed by atoms with Gasteiger partial charge in [0.25, 0.3) is 0 Å². The second-order valence-corrected chi connectivity index (χ2v) is 4.13. The van der Waals surface area contributed by atoms with E-state index in [2.05, 4.69) is 4.98 Å². The highest BCUT2D eigenvalue weighted by Crippen LogP contribution is 2.39. The summed E-state index contributed by atoms with van der Waals surface area (Å²) in [5.41, 5.74) is 5.93. The number of pyridine rings is 1. The van der Waals surface area contributed by atoms with Crippen molar-refractivity contribution in [3.05, 3.63) is 30.1 Å². The first-order valence-electron chi connectivity index (χ1n) is 4.86. The third kappa shape index (κ3) is 1.55. The summed E-state index contributed by atoms with van der Waals surface area (Å²) in [5, 5.41) is 0. The Bertz CT molecular complexity index is 342. The normalized spacial score (nSPS) is 20.1. The topological polar surface area (TPSA) is 56.0 Å². The molecule has 0 saturated heterocycles. The van der Waals surface area contributed by atoms with E-state index < -0.39 is 5.54 Å². The van der Waals surface area contributed by atoms with Crippen molar-refractivity contribution in [1.29, 1.82) is 0 Å². The molecule has 0 radical (unpaired) electrons. The lowest BCUT2D eigenvalue weighted by atomic mass is 9.88. The van der Waals surface area contributed by atoms with Gasteiger partial charge in [0.05, 0.1) is 5.54 Å². The van der Waals surface area contributed by atoms with Gasteiger partial charge in [-0.25, -0.2) is 0 Å². The molecule has 3 heteroatoms. The standard InChI is InChI=1S/C11H14N2O/c1-11(12,9-4-5-9)10(14)8-3-2-6-13-7-8/h2-3,6-7,9H,4-5,12H2,1H3. The van der Waals surface area contributed by atoms with Crippen LogP contribution in [0.2, 0.25) is 0 Å². The molecule has 14 heavy (non-hydrogen) atoms. The van der Waals surface area contributed by atoms with Gasteiger partial charge in [-0.05, 0) is 37.8 Å². The number of nitrogens with two attached hydrogens (primary N) is 1. The zero-order valence-electron chi connectivity index (χ0n) is 8.23. The molecular formula is C11H14N2O. The van der Waals surface area contributed by atoms with Crippen LogP contribution in [-0.2, 0) is 0 Å².